The van der Waals surface area contributed by atoms with E-state index in [4.69, 9.17) is 5.73 Å². The molecule has 0 spiro atoms. The first-order chi connectivity index (χ1) is 9.58. The average Bonchev–Trinajstić information content (AvgIpc) is 2.48. The maximum atomic E-state index is 12.1. The summed E-state index contributed by atoms with van der Waals surface area (Å²) in [7, 11) is 0. The number of anilines is 1. The zero-order valence-electron chi connectivity index (χ0n) is 11.2. The molecule has 3 N–H and O–H groups in total. The van der Waals surface area contributed by atoms with Gasteiger partial charge in [-0.3, -0.25) is 9.59 Å². The van der Waals surface area contributed by atoms with Gasteiger partial charge in [-0.2, -0.15) is 0 Å². The van der Waals surface area contributed by atoms with Gasteiger partial charge in [-0.1, -0.05) is 30.3 Å². The van der Waals surface area contributed by atoms with Crippen LogP contribution in [0.2, 0.25) is 0 Å². The van der Waals surface area contributed by atoms with Crippen LogP contribution >= 0.6 is 0 Å². The number of rotatable bonds is 4. The number of carbonyl (C=O) groups is 2. The Labute approximate surface area is 117 Å². The fraction of sp³-hybridized carbons (Fsp3) is 0.125. The predicted octanol–water partition coefficient (Wildman–Crippen LogP) is 2.53. The molecule has 0 saturated heterocycles. The van der Waals surface area contributed by atoms with Gasteiger partial charge in [-0.15, -0.1) is 0 Å². The Morgan fingerprint density at radius 1 is 1.00 bits per heavy atom. The minimum absolute atomic E-state index is 0.0944. The van der Waals surface area contributed by atoms with Gasteiger partial charge in [0.25, 0.3) is 0 Å². The Morgan fingerprint density at radius 3 is 2.15 bits per heavy atom. The molecular formula is C16H16N2O2. The molecular weight excluding hydrogens is 252 g/mol. The van der Waals surface area contributed by atoms with Gasteiger partial charge >= 0.3 is 0 Å². The highest BCUT2D eigenvalue weighted by molar-refractivity contribution is 5.97. The number of amides is 2. The first-order valence-corrected chi connectivity index (χ1v) is 6.33. The molecule has 0 fully saturated rings. The van der Waals surface area contributed by atoms with Crippen LogP contribution in [0.4, 0.5) is 5.69 Å². The molecule has 1 atom stereocenters. The van der Waals surface area contributed by atoms with Crippen molar-refractivity contribution in [1.82, 2.24) is 0 Å². The zero-order valence-corrected chi connectivity index (χ0v) is 11.2. The van der Waals surface area contributed by atoms with Crippen LogP contribution in [0.15, 0.2) is 54.6 Å². The maximum Gasteiger partial charge on any atom is 0.248 e. The Hall–Kier alpha value is -2.62. The van der Waals surface area contributed by atoms with E-state index in [0.29, 0.717) is 11.3 Å². The van der Waals surface area contributed by atoms with E-state index in [9.17, 15) is 9.59 Å². The van der Waals surface area contributed by atoms with E-state index in [1.807, 2.05) is 37.3 Å². The molecule has 0 radical (unpaired) electrons. The van der Waals surface area contributed by atoms with Gasteiger partial charge in [-0.05, 0) is 36.8 Å². The number of benzene rings is 2. The van der Waals surface area contributed by atoms with Crippen LogP contribution < -0.4 is 11.1 Å². The Balaban J connectivity index is 2.06. The molecule has 2 rings (SSSR count). The summed E-state index contributed by atoms with van der Waals surface area (Å²) in [6.07, 6.45) is 0. The van der Waals surface area contributed by atoms with Gasteiger partial charge in [0, 0.05) is 11.3 Å². The average molecular weight is 268 g/mol. The van der Waals surface area contributed by atoms with Crippen LogP contribution in [0.3, 0.4) is 0 Å². The van der Waals surface area contributed by atoms with Crippen LogP contribution in [0, 0.1) is 0 Å². The summed E-state index contributed by atoms with van der Waals surface area (Å²) in [6.45, 7) is 1.85. The third-order valence-corrected chi connectivity index (χ3v) is 3.13. The van der Waals surface area contributed by atoms with Crippen LogP contribution in [-0.4, -0.2) is 11.8 Å². The molecule has 0 aliphatic heterocycles. The molecule has 2 aromatic carbocycles. The fourth-order valence-corrected chi connectivity index (χ4v) is 1.86. The van der Waals surface area contributed by atoms with E-state index in [1.165, 1.54) is 0 Å². The zero-order chi connectivity index (χ0) is 14.5. The van der Waals surface area contributed by atoms with Gasteiger partial charge in [0.2, 0.25) is 11.8 Å². The van der Waals surface area contributed by atoms with Gasteiger partial charge in [-0.25, -0.2) is 0 Å². The lowest BCUT2D eigenvalue weighted by Crippen LogP contribution is -2.19. The number of nitrogens with one attached hydrogen (secondary N) is 1. The second-order valence-electron chi connectivity index (χ2n) is 4.56. The number of hydrogen-bond acceptors (Lipinski definition) is 2. The Bertz CT molecular complexity index is 606. The standard InChI is InChI=1S/C16H16N2O2/c1-11(12-5-3-2-4-6-12)16(20)18-14-9-7-13(8-10-14)15(17)19/h2-11H,1H3,(H2,17,19)(H,18,20)/t11-/m0/s1. The van der Waals surface area contributed by atoms with Gasteiger partial charge < -0.3 is 11.1 Å². The second kappa shape index (κ2) is 6.02. The summed E-state index contributed by atoms with van der Waals surface area (Å²) < 4.78 is 0. The van der Waals surface area contributed by atoms with Crippen molar-refractivity contribution >= 4 is 17.5 Å². The van der Waals surface area contributed by atoms with Crippen molar-refractivity contribution in [2.24, 2.45) is 5.73 Å². The van der Waals surface area contributed by atoms with Crippen molar-refractivity contribution in [3.8, 4) is 0 Å². The normalized spacial score (nSPS) is 11.7. The molecule has 2 amide bonds. The molecule has 0 unspecified atom stereocenters. The molecule has 0 heterocycles. The lowest BCUT2D eigenvalue weighted by atomic mass is 10.0. The van der Waals surface area contributed by atoms with Crippen LogP contribution in [0.5, 0.6) is 0 Å². The van der Waals surface area contributed by atoms with Crippen LogP contribution in [0.1, 0.15) is 28.8 Å². The van der Waals surface area contributed by atoms with Crippen molar-refractivity contribution in [3.63, 3.8) is 0 Å². The summed E-state index contributed by atoms with van der Waals surface area (Å²) in [4.78, 5) is 23.1. The van der Waals surface area contributed by atoms with Crippen molar-refractivity contribution in [2.75, 3.05) is 5.32 Å². The van der Waals surface area contributed by atoms with Crippen molar-refractivity contribution < 1.29 is 9.59 Å². The molecule has 4 heteroatoms. The molecule has 0 aliphatic carbocycles. The minimum Gasteiger partial charge on any atom is -0.366 e. The smallest absolute Gasteiger partial charge is 0.248 e. The monoisotopic (exact) mass is 268 g/mol. The Morgan fingerprint density at radius 2 is 1.60 bits per heavy atom. The third kappa shape index (κ3) is 3.23. The van der Waals surface area contributed by atoms with E-state index in [0.717, 1.165) is 5.56 Å². The SMILES string of the molecule is C[C@H](C(=O)Nc1ccc(C(N)=O)cc1)c1ccccc1. The lowest BCUT2D eigenvalue weighted by Gasteiger charge is -2.12. The van der Waals surface area contributed by atoms with E-state index < -0.39 is 5.91 Å². The van der Waals surface area contributed by atoms with Gasteiger partial charge in [0.05, 0.1) is 5.92 Å². The largest absolute Gasteiger partial charge is 0.366 e. The fourth-order valence-electron chi connectivity index (χ4n) is 1.86. The molecule has 2 aromatic rings. The Kier molecular flexibility index (Phi) is 4.15. The highest BCUT2D eigenvalue weighted by atomic mass is 16.2. The van der Waals surface area contributed by atoms with E-state index in [1.54, 1.807) is 24.3 Å². The van der Waals surface area contributed by atoms with Crippen molar-refractivity contribution in [1.29, 1.82) is 0 Å². The second-order valence-corrected chi connectivity index (χ2v) is 4.56. The van der Waals surface area contributed by atoms with E-state index in [-0.39, 0.29) is 11.8 Å². The lowest BCUT2D eigenvalue weighted by molar-refractivity contribution is -0.117. The van der Waals surface area contributed by atoms with Crippen LogP contribution in [0.25, 0.3) is 0 Å². The van der Waals surface area contributed by atoms with E-state index in [2.05, 4.69) is 5.32 Å². The highest BCUT2D eigenvalue weighted by Gasteiger charge is 2.14. The molecule has 0 saturated carbocycles. The van der Waals surface area contributed by atoms with E-state index >= 15 is 0 Å². The quantitative estimate of drug-likeness (QED) is 0.894. The van der Waals surface area contributed by atoms with Gasteiger partial charge in [0.1, 0.15) is 0 Å². The summed E-state index contributed by atoms with van der Waals surface area (Å²) in [5, 5.41) is 2.82. The molecule has 102 valence electrons. The minimum atomic E-state index is -0.486. The summed E-state index contributed by atoms with van der Waals surface area (Å²) in [5.74, 6) is -0.824. The summed E-state index contributed by atoms with van der Waals surface area (Å²) >= 11 is 0. The number of primary amides is 1. The maximum absolute atomic E-state index is 12.1. The topological polar surface area (TPSA) is 72.2 Å². The molecule has 0 aromatic heterocycles. The highest BCUT2D eigenvalue weighted by Crippen LogP contribution is 2.17. The third-order valence-electron chi connectivity index (χ3n) is 3.13. The first-order valence-electron chi connectivity index (χ1n) is 6.33. The number of carbonyl (C=O) groups excluding carboxylic acids is 2. The van der Waals surface area contributed by atoms with Crippen molar-refractivity contribution in [3.05, 3.63) is 65.7 Å². The molecule has 20 heavy (non-hydrogen) atoms. The molecule has 4 nitrogen and oxygen atoms in total. The first kappa shape index (κ1) is 13.8. The number of nitrogens with two attached hydrogens (primary N) is 1. The van der Waals surface area contributed by atoms with Gasteiger partial charge in [0.15, 0.2) is 0 Å². The summed E-state index contributed by atoms with van der Waals surface area (Å²) in [6, 6.07) is 16.1. The predicted molar refractivity (Wildman–Crippen MR) is 78.4 cm³/mol. The molecule has 0 bridgehead atoms. The summed E-state index contributed by atoms with van der Waals surface area (Å²) in [5.41, 5.74) is 7.18. The van der Waals surface area contributed by atoms with Crippen molar-refractivity contribution in [2.45, 2.75) is 12.8 Å². The molecule has 0 aliphatic rings. The van der Waals surface area contributed by atoms with Crippen LogP contribution in [-0.2, 0) is 4.79 Å². The number of hydrogen-bond donors (Lipinski definition) is 2.